The summed E-state index contributed by atoms with van der Waals surface area (Å²) in [6.07, 6.45) is 3.28. The molecule has 10 heteroatoms. The lowest BCUT2D eigenvalue weighted by molar-refractivity contribution is 0.0979. The highest BCUT2D eigenvalue weighted by molar-refractivity contribution is 7.87. The lowest BCUT2D eigenvalue weighted by atomic mass is 9.90. The monoisotopic (exact) mass is 543 g/mol. The largest absolute Gasteiger partial charge is 0.488 e. The molecular formula is C28H41N5O4S. The molecule has 0 aliphatic carbocycles. The highest BCUT2D eigenvalue weighted by Crippen LogP contribution is 2.38. The molecule has 1 N–H and O–H groups in total. The standard InChI is InChI=1S/C28H41N5O4S/c1-20-14-18-33(28(20,5)6)25-24(9-8-16-29-25)26(34)30-38(35,36)32-17-15-22(19-32)31(7)21-10-12-23(13-11-21)37-27(2,3)4/h8-13,16,20,22H,14-15,17-19H2,1-7H3,(H,30,34)/t20?,22-/m1/s1. The predicted octanol–water partition coefficient (Wildman–Crippen LogP) is 4.07. The quantitative estimate of drug-likeness (QED) is 0.563. The Labute approximate surface area is 227 Å². The SMILES string of the molecule is CC1CCN(c2ncccc2C(=O)NS(=O)(=O)N2CC[C@@H](N(C)c3ccc(OC(C)(C)C)cc3)C2)C1(C)C. The topological polar surface area (TPSA) is 95.1 Å². The third kappa shape index (κ3) is 5.91. The molecule has 1 aromatic heterocycles. The molecule has 3 heterocycles. The number of rotatable bonds is 7. The summed E-state index contributed by atoms with van der Waals surface area (Å²) < 4.78 is 36.0. The van der Waals surface area contributed by atoms with Crippen LogP contribution in [0.1, 0.15) is 64.7 Å². The van der Waals surface area contributed by atoms with Gasteiger partial charge in [-0.05, 0) is 89.8 Å². The van der Waals surface area contributed by atoms with Crippen molar-refractivity contribution in [1.82, 2.24) is 14.0 Å². The molecule has 2 atom stereocenters. The van der Waals surface area contributed by atoms with Gasteiger partial charge >= 0.3 is 10.2 Å². The van der Waals surface area contributed by atoms with Crippen LogP contribution in [-0.2, 0) is 10.2 Å². The highest BCUT2D eigenvalue weighted by Gasteiger charge is 2.41. The molecule has 2 aliphatic rings. The summed E-state index contributed by atoms with van der Waals surface area (Å²) in [5.41, 5.74) is 0.773. The minimum atomic E-state index is -4.02. The molecule has 208 valence electrons. The average Bonchev–Trinajstić information content (AvgIpc) is 3.43. The molecule has 0 spiro atoms. The van der Waals surface area contributed by atoms with Gasteiger partial charge in [0.2, 0.25) is 0 Å². The number of ether oxygens (including phenoxy) is 1. The van der Waals surface area contributed by atoms with Gasteiger partial charge in [0.25, 0.3) is 5.91 Å². The number of benzene rings is 1. The van der Waals surface area contributed by atoms with E-state index >= 15 is 0 Å². The fourth-order valence-corrected chi connectivity index (χ4v) is 6.38. The van der Waals surface area contributed by atoms with Crippen LogP contribution in [0.5, 0.6) is 5.75 Å². The van der Waals surface area contributed by atoms with E-state index in [1.54, 1.807) is 18.3 Å². The summed E-state index contributed by atoms with van der Waals surface area (Å²) in [4.78, 5) is 21.9. The maximum Gasteiger partial charge on any atom is 0.304 e. The second-order valence-corrected chi connectivity index (χ2v) is 13.6. The van der Waals surface area contributed by atoms with Crippen molar-refractivity contribution in [2.75, 3.05) is 36.5 Å². The minimum Gasteiger partial charge on any atom is -0.488 e. The third-order valence-electron chi connectivity index (χ3n) is 7.88. The van der Waals surface area contributed by atoms with Gasteiger partial charge in [0.15, 0.2) is 0 Å². The number of likely N-dealkylation sites (N-methyl/N-ethyl adjacent to an activating group) is 1. The van der Waals surface area contributed by atoms with Crippen LogP contribution >= 0.6 is 0 Å². The van der Waals surface area contributed by atoms with Gasteiger partial charge in [-0.3, -0.25) is 4.79 Å². The van der Waals surface area contributed by atoms with Crippen molar-refractivity contribution >= 4 is 27.6 Å². The van der Waals surface area contributed by atoms with Crippen molar-refractivity contribution < 1.29 is 17.9 Å². The van der Waals surface area contributed by atoms with Gasteiger partial charge in [-0.1, -0.05) is 6.92 Å². The van der Waals surface area contributed by atoms with Gasteiger partial charge in [-0.25, -0.2) is 9.71 Å². The first-order valence-corrected chi connectivity index (χ1v) is 14.7. The van der Waals surface area contributed by atoms with Crippen LogP contribution in [0.15, 0.2) is 42.6 Å². The molecule has 0 bridgehead atoms. The molecule has 2 aliphatic heterocycles. The number of hydrogen-bond donors (Lipinski definition) is 1. The zero-order valence-corrected chi connectivity index (χ0v) is 24.4. The van der Waals surface area contributed by atoms with Gasteiger partial charge in [0, 0.05) is 50.1 Å². The average molecular weight is 544 g/mol. The maximum atomic E-state index is 13.2. The van der Waals surface area contributed by atoms with Gasteiger partial charge in [0.05, 0.1) is 5.56 Å². The van der Waals surface area contributed by atoms with Crippen molar-refractivity contribution in [2.45, 2.75) is 71.6 Å². The Hall–Kier alpha value is -2.85. The van der Waals surface area contributed by atoms with E-state index in [-0.39, 0.29) is 29.3 Å². The van der Waals surface area contributed by atoms with Crippen LogP contribution in [0.4, 0.5) is 11.5 Å². The molecule has 2 fully saturated rings. The van der Waals surface area contributed by atoms with Crippen molar-refractivity contribution in [1.29, 1.82) is 0 Å². The van der Waals surface area contributed by atoms with Crippen molar-refractivity contribution in [3.63, 3.8) is 0 Å². The fourth-order valence-electron chi connectivity index (χ4n) is 5.19. The first-order chi connectivity index (χ1) is 17.7. The molecule has 4 rings (SSSR count). The van der Waals surface area contributed by atoms with E-state index in [9.17, 15) is 13.2 Å². The van der Waals surface area contributed by atoms with Crippen LogP contribution in [0.3, 0.4) is 0 Å². The summed E-state index contributed by atoms with van der Waals surface area (Å²) in [7, 11) is -2.06. The zero-order valence-electron chi connectivity index (χ0n) is 23.6. The number of pyridine rings is 1. The normalized spacial score (nSPS) is 21.9. The number of nitrogens with one attached hydrogen (secondary N) is 1. The van der Waals surface area contributed by atoms with E-state index in [0.29, 0.717) is 24.7 Å². The molecule has 9 nitrogen and oxygen atoms in total. The second kappa shape index (κ2) is 10.4. The van der Waals surface area contributed by atoms with Crippen LogP contribution in [0.25, 0.3) is 0 Å². The van der Waals surface area contributed by atoms with E-state index < -0.39 is 16.1 Å². The molecule has 1 unspecified atom stereocenters. The van der Waals surface area contributed by atoms with Crippen molar-refractivity contribution in [2.24, 2.45) is 5.92 Å². The highest BCUT2D eigenvalue weighted by atomic mass is 32.2. The smallest absolute Gasteiger partial charge is 0.304 e. The van der Waals surface area contributed by atoms with Gasteiger partial charge in [0.1, 0.15) is 17.2 Å². The van der Waals surface area contributed by atoms with Crippen LogP contribution in [0, 0.1) is 5.92 Å². The molecule has 2 saturated heterocycles. The van der Waals surface area contributed by atoms with Crippen LogP contribution < -0.4 is 19.3 Å². The summed E-state index contributed by atoms with van der Waals surface area (Å²) in [5, 5.41) is 0. The molecule has 1 amide bonds. The number of hydrogen-bond acceptors (Lipinski definition) is 7. The van der Waals surface area contributed by atoms with E-state index in [1.807, 2.05) is 52.1 Å². The summed E-state index contributed by atoms with van der Waals surface area (Å²) in [5.74, 6) is 1.07. The Morgan fingerprint density at radius 2 is 1.82 bits per heavy atom. The first-order valence-electron chi connectivity index (χ1n) is 13.3. The molecule has 1 aromatic carbocycles. The van der Waals surface area contributed by atoms with Gasteiger partial charge in [-0.2, -0.15) is 12.7 Å². The predicted molar refractivity (Wildman–Crippen MR) is 151 cm³/mol. The van der Waals surface area contributed by atoms with E-state index in [4.69, 9.17) is 4.74 Å². The number of aromatic nitrogens is 1. The Bertz CT molecular complexity index is 1260. The summed E-state index contributed by atoms with van der Waals surface area (Å²) in [6, 6.07) is 11.1. The maximum absolute atomic E-state index is 13.2. The number of anilines is 2. The Morgan fingerprint density at radius 3 is 2.42 bits per heavy atom. The zero-order chi connectivity index (χ0) is 27.9. The lowest BCUT2D eigenvalue weighted by Gasteiger charge is -2.36. The van der Waals surface area contributed by atoms with Gasteiger partial charge < -0.3 is 14.5 Å². The summed E-state index contributed by atoms with van der Waals surface area (Å²) >= 11 is 0. The summed E-state index contributed by atoms with van der Waals surface area (Å²) in [6.45, 7) is 13.8. The van der Waals surface area contributed by atoms with Crippen molar-refractivity contribution in [3.05, 3.63) is 48.2 Å². The number of nitrogens with zero attached hydrogens (tertiary/aromatic N) is 4. The molecule has 38 heavy (non-hydrogen) atoms. The minimum absolute atomic E-state index is 0.0168. The Kier molecular flexibility index (Phi) is 7.69. The Morgan fingerprint density at radius 1 is 1.13 bits per heavy atom. The molecule has 0 saturated carbocycles. The number of carbonyl (C=O) groups excluding carboxylic acids is 1. The third-order valence-corrected chi connectivity index (χ3v) is 9.33. The first kappa shape index (κ1) is 28.2. The van der Waals surface area contributed by atoms with Crippen LogP contribution in [-0.4, -0.2) is 67.5 Å². The van der Waals surface area contributed by atoms with Crippen LogP contribution in [0.2, 0.25) is 0 Å². The Balaban J connectivity index is 1.43. The lowest BCUT2D eigenvalue weighted by Crippen LogP contribution is -2.46. The fraction of sp³-hybridized carbons (Fsp3) is 0.571. The number of amides is 1. The number of carbonyl (C=O) groups is 1. The van der Waals surface area contributed by atoms with E-state index in [0.717, 1.165) is 24.4 Å². The molecule has 2 aromatic rings. The van der Waals surface area contributed by atoms with E-state index in [2.05, 4.69) is 40.3 Å². The van der Waals surface area contributed by atoms with Crippen molar-refractivity contribution in [3.8, 4) is 5.75 Å². The van der Waals surface area contributed by atoms with E-state index in [1.165, 1.54) is 4.31 Å². The van der Waals surface area contributed by atoms with Gasteiger partial charge in [-0.15, -0.1) is 0 Å². The molecule has 0 radical (unpaired) electrons. The molecular weight excluding hydrogens is 502 g/mol. The second-order valence-electron chi connectivity index (χ2n) is 11.9.